The van der Waals surface area contributed by atoms with Crippen LogP contribution < -0.4 is 10.1 Å². The molecule has 9 heteroatoms. The minimum absolute atomic E-state index is 0.0309. The molecule has 0 radical (unpaired) electrons. The summed E-state index contributed by atoms with van der Waals surface area (Å²) in [6.45, 7) is 3.52. The number of hydrogen-bond donors (Lipinski definition) is 1. The van der Waals surface area contributed by atoms with Gasteiger partial charge in [0.25, 0.3) is 5.91 Å². The Balaban J connectivity index is 1.23. The first-order chi connectivity index (χ1) is 15.1. The molecule has 0 spiro atoms. The van der Waals surface area contributed by atoms with Crippen molar-refractivity contribution in [2.24, 2.45) is 0 Å². The van der Waals surface area contributed by atoms with Crippen molar-refractivity contribution in [1.82, 2.24) is 20.1 Å². The first-order valence-corrected chi connectivity index (χ1v) is 10.9. The molecule has 0 aliphatic carbocycles. The SMILES string of the molecule is COc1ccc(-c2nc(CN3CCN(C(=O)CNC(=O)c4ccco4)CC3)cs2)cc1. The summed E-state index contributed by atoms with van der Waals surface area (Å²) in [6, 6.07) is 11.1. The highest BCUT2D eigenvalue weighted by Crippen LogP contribution is 2.26. The van der Waals surface area contributed by atoms with E-state index in [9.17, 15) is 9.59 Å². The lowest BCUT2D eigenvalue weighted by Crippen LogP contribution is -2.50. The molecule has 0 unspecified atom stereocenters. The molecule has 1 N–H and O–H groups in total. The second kappa shape index (κ2) is 9.76. The summed E-state index contributed by atoms with van der Waals surface area (Å²) in [6.07, 6.45) is 1.43. The van der Waals surface area contributed by atoms with Crippen LogP contribution >= 0.6 is 11.3 Å². The largest absolute Gasteiger partial charge is 0.497 e. The van der Waals surface area contributed by atoms with Crippen LogP contribution in [-0.4, -0.2) is 66.4 Å². The molecule has 1 aliphatic heterocycles. The fraction of sp³-hybridized carbons (Fsp3) is 0.318. The zero-order valence-corrected chi connectivity index (χ0v) is 18.1. The summed E-state index contributed by atoms with van der Waals surface area (Å²) in [5.41, 5.74) is 2.10. The normalized spacial score (nSPS) is 14.4. The molecular weight excluding hydrogens is 416 g/mol. The van der Waals surface area contributed by atoms with Crippen molar-refractivity contribution in [2.45, 2.75) is 6.54 Å². The fourth-order valence-corrected chi connectivity index (χ4v) is 4.21. The average molecular weight is 441 g/mol. The molecule has 2 aromatic heterocycles. The summed E-state index contributed by atoms with van der Waals surface area (Å²) in [4.78, 5) is 33.1. The molecule has 1 aliphatic rings. The van der Waals surface area contributed by atoms with Gasteiger partial charge in [0.05, 0.1) is 25.6 Å². The van der Waals surface area contributed by atoms with Gasteiger partial charge in [0, 0.05) is 43.7 Å². The number of piperazine rings is 1. The van der Waals surface area contributed by atoms with E-state index in [1.807, 2.05) is 24.3 Å². The predicted molar refractivity (Wildman–Crippen MR) is 117 cm³/mol. The molecule has 0 bridgehead atoms. The maximum absolute atomic E-state index is 12.4. The van der Waals surface area contributed by atoms with E-state index in [0.29, 0.717) is 13.1 Å². The Bertz CT molecular complexity index is 1010. The van der Waals surface area contributed by atoms with Crippen molar-refractivity contribution in [3.63, 3.8) is 0 Å². The standard InChI is InChI=1S/C22H24N4O4S/c1-29-18-6-4-16(5-7-18)22-24-17(15-31-22)14-25-8-10-26(11-9-25)20(27)13-23-21(28)19-3-2-12-30-19/h2-7,12,15H,8-11,13-14H2,1H3,(H,23,28). The second-order valence-corrected chi connectivity index (χ2v) is 8.05. The van der Waals surface area contributed by atoms with E-state index in [1.165, 1.54) is 6.26 Å². The molecular formula is C22H24N4O4S. The van der Waals surface area contributed by atoms with E-state index < -0.39 is 0 Å². The smallest absolute Gasteiger partial charge is 0.287 e. The summed E-state index contributed by atoms with van der Waals surface area (Å²) in [5.74, 6) is 0.562. The first-order valence-electron chi connectivity index (χ1n) is 10.0. The minimum atomic E-state index is -0.381. The number of hydrogen-bond acceptors (Lipinski definition) is 7. The highest BCUT2D eigenvalue weighted by molar-refractivity contribution is 7.13. The third-order valence-corrected chi connectivity index (χ3v) is 6.08. The Hall–Kier alpha value is -3.17. The van der Waals surface area contributed by atoms with Crippen molar-refractivity contribution < 1.29 is 18.7 Å². The van der Waals surface area contributed by atoms with Crippen LogP contribution in [0.1, 0.15) is 16.2 Å². The van der Waals surface area contributed by atoms with Crippen LogP contribution in [0.3, 0.4) is 0 Å². The Labute approximate surface area is 184 Å². The number of ether oxygens (including phenoxy) is 1. The molecule has 3 aromatic rings. The molecule has 1 aromatic carbocycles. The van der Waals surface area contributed by atoms with Gasteiger partial charge in [0.2, 0.25) is 5.91 Å². The number of methoxy groups -OCH3 is 1. The lowest BCUT2D eigenvalue weighted by Gasteiger charge is -2.34. The molecule has 3 heterocycles. The minimum Gasteiger partial charge on any atom is -0.497 e. The Morgan fingerprint density at radius 1 is 1.16 bits per heavy atom. The van der Waals surface area contributed by atoms with Crippen molar-refractivity contribution in [3.05, 3.63) is 59.5 Å². The van der Waals surface area contributed by atoms with Crippen molar-refractivity contribution in [3.8, 4) is 16.3 Å². The number of nitrogens with one attached hydrogen (secondary N) is 1. The summed E-state index contributed by atoms with van der Waals surface area (Å²) < 4.78 is 10.2. The van der Waals surface area contributed by atoms with E-state index in [2.05, 4.69) is 15.6 Å². The number of carbonyl (C=O) groups excluding carboxylic acids is 2. The number of rotatable bonds is 7. The Kier molecular flexibility index (Phi) is 6.63. The molecule has 1 fully saturated rings. The summed E-state index contributed by atoms with van der Waals surface area (Å²) >= 11 is 1.63. The van der Waals surface area contributed by atoms with Gasteiger partial charge in [0.1, 0.15) is 10.8 Å². The highest BCUT2D eigenvalue weighted by Gasteiger charge is 2.22. The van der Waals surface area contributed by atoms with Crippen LogP contribution in [0.5, 0.6) is 5.75 Å². The van der Waals surface area contributed by atoms with Crippen LogP contribution in [0, 0.1) is 0 Å². The monoisotopic (exact) mass is 440 g/mol. The predicted octanol–water partition coefficient (Wildman–Crippen LogP) is 2.49. The molecule has 1 saturated heterocycles. The van der Waals surface area contributed by atoms with Gasteiger partial charge in [-0.05, 0) is 36.4 Å². The van der Waals surface area contributed by atoms with Gasteiger partial charge < -0.3 is 19.4 Å². The second-order valence-electron chi connectivity index (χ2n) is 7.19. The van der Waals surface area contributed by atoms with E-state index in [4.69, 9.17) is 14.1 Å². The summed E-state index contributed by atoms with van der Waals surface area (Å²) in [7, 11) is 1.65. The van der Waals surface area contributed by atoms with Gasteiger partial charge >= 0.3 is 0 Å². The molecule has 4 rings (SSSR count). The number of thiazole rings is 1. The number of aromatic nitrogens is 1. The van der Waals surface area contributed by atoms with E-state index >= 15 is 0 Å². The van der Waals surface area contributed by atoms with Gasteiger partial charge in [-0.3, -0.25) is 14.5 Å². The van der Waals surface area contributed by atoms with Crippen LogP contribution in [-0.2, 0) is 11.3 Å². The quantitative estimate of drug-likeness (QED) is 0.607. The number of benzene rings is 1. The molecule has 31 heavy (non-hydrogen) atoms. The lowest BCUT2D eigenvalue weighted by atomic mass is 10.2. The van der Waals surface area contributed by atoms with Gasteiger partial charge in [-0.15, -0.1) is 11.3 Å². The topological polar surface area (TPSA) is 87.9 Å². The number of nitrogens with zero attached hydrogens (tertiary/aromatic N) is 3. The lowest BCUT2D eigenvalue weighted by molar-refractivity contribution is -0.131. The van der Waals surface area contributed by atoms with Crippen molar-refractivity contribution >= 4 is 23.2 Å². The zero-order valence-electron chi connectivity index (χ0n) is 17.2. The van der Waals surface area contributed by atoms with Crippen LogP contribution in [0.4, 0.5) is 0 Å². The van der Waals surface area contributed by atoms with Crippen LogP contribution in [0.25, 0.3) is 10.6 Å². The van der Waals surface area contributed by atoms with Crippen molar-refractivity contribution in [1.29, 1.82) is 0 Å². The molecule has 0 atom stereocenters. The van der Waals surface area contributed by atoms with Crippen molar-refractivity contribution in [2.75, 3.05) is 39.8 Å². The molecule has 8 nitrogen and oxygen atoms in total. The molecule has 162 valence electrons. The van der Waals surface area contributed by atoms with Crippen LogP contribution in [0.15, 0.2) is 52.5 Å². The van der Waals surface area contributed by atoms with Gasteiger partial charge in [-0.25, -0.2) is 4.98 Å². The van der Waals surface area contributed by atoms with Gasteiger partial charge in [-0.1, -0.05) is 0 Å². The Morgan fingerprint density at radius 2 is 1.94 bits per heavy atom. The fourth-order valence-electron chi connectivity index (χ4n) is 3.39. The number of carbonyl (C=O) groups is 2. The van der Waals surface area contributed by atoms with Gasteiger partial charge in [-0.2, -0.15) is 0 Å². The maximum Gasteiger partial charge on any atom is 0.287 e. The van der Waals surface area contributed by atoms with Gasteiger partial charge in [0.15, 0.2) is 5.76 Å². The third-order valence-electron chi connectivity index (χ3n) is 5.14. The highest BCUT2D eigenvalue weighted by atomic mass is 32.1. The average Bonchev–Trinajstić information content (AvgIpc) is 3.50. The third kappa shape index (κ3) is 5.31. The van der Waals surface area contributed by atoms with E-state index in [0.717, 1.165) is 41.6 Å². The zero-order chi connectivity index (χ0) is 21.6. The molecule has 0 saturated carbocycles. The number of amides is 2. The summed E-state index contributed by atoms with van der Waals surface area (Å²) in [5, 5.41) is 5.67. The van der Waals surface area contributed by atoms with E-state index in [1.54, 1.807) is 35.5 Å². The van der Waals surface area contributed by atoms with Crippen LogP contribution in [0.2, 0.25) is 0 Å². The first kappa shape index (κ1) is 21.1. The van der Waals surface area contributed by atoms with E-state index in [-0.39, 0.29) is 24.1 Å². The Morgan fingerprint density at radius 3 is 2.61 bits per heavy atom. The molecule has 2 amide bonds. The maximum atomic E-state index is 12.4. The number of furan rings is 1.